The van der Waals surface area contributed by atoms with Gasteiger partial charge in [0.1, 0.15) is 11.5 Å². The lowest BCUT2D eigenvalue weighted by molar-refractivity contribution is -0.113. The Kier molecular flexibility index (Phi) is 8.59. The number of unbranched alkanes of at least 4 members (excludes halogenated alkanes) is 1. The number of aryl methyl sites for hydroxylation is 1. The second kappa shape index (κ2) is 12.0. The van der Waals surface area contributed by atoms with Crippen LogP contribution in [-0.2, 0) is 4.79 Å². The lowest BCUT2D eigenvalue weighted by atomic mass is 10.1. The summed E-state index contributed by atoms with van der Waals surface area (Å²) in [4.78, 5) is 29.0. The zero-order valence-electron chi connectivity index (χ0n) is 19.7. The Bertz CT molecular complexity index is 1130. The van der Waals surface area contributed by atoms with Crippen LogP contribution in [0.1, 0.15) is 35.9 Å². The maximum Gasteiger partial charge on any atom is 0.253 e. The minimum atomic E-state index is -0.187. The van der Waals surface area contributed by atoms with Gasteiger partial charge in [0.2, 0.25) is 11.0 Å². The number of carbonyl (C=O) groups is 2. The number of piperazine rings is 1. The summed E-state index contributed by atoms with van der Waals surface area (Å²) in [6.07, 6.45) is 2.10. The maximum absolute atomic E-state index is 12.9. The molecular formula is C23H28N6O4S2. The topological polar surface area (TPSA) is 114 Å². The van der Waals surface area contributed by atoms with E-state index < -0.39 is 0 Å². The van der Waals surface area contributed by atoms with Crippen LogP contribution in [0.2, 0.25) is 0 Å². The van der Waals surface area contributed by atoms with E-state index in [0.29, 0.717) is 54.3 Å². The van der Waals surface area contributed by atoms with E-state index in [0.717, 1.165) is 23.7 Å². The van der Waals surface area contributed by atoms with Gasteiger partial charge in [0.25, 0.3) is 5.91 Å². The molecule has 1 saturated heterocycles. The Hall–Kier alpha value is -3.12. The van der Waals surface area contributed by atoms with Gasteiger partial charge in [0, 0.05) is 37.8 Å². The first-order chi connectivity index (χ1) is 17.0. The second-order valence-electron chi connectivity index (χ2n) is 8.02. The molecule has 0 unspecified atom stereocenters. The number of aromatic nitrogens is 3. The molecule has 10 nitrogen and oxygen atoms in total. The van der Waals surface area contributed by atoms with Gasteiger partial charge in [-0.25, -0.2) is 0 Å². The predicted molar refractivity (Wildman–Crippen MR) is 135 cm³/mol. The second-order valence-corrected chi connectivity index (χ2v) is 10.2. The predicted octanol–water partition coefficient (Wildman–Crippen LogP) is 3.71. The third-order valence-electron chi connectivity index (χ3n) is 5.32. The molecule has 1 aliphatic rings. The molecule has 12 heteroatoms. The molecule has 0 radical (unpaired) electrons. The van der Waals surface area contributed by atoms with E-state index in [4.69, 9.17) is 9.26 Å². The van der Waals surface area contributed by atoms with Crippen molar-refractivity contribution in [2.24, 2.45) is 0 Å². The Morgan fingerprint density at radius 2 is 1.94 bits per heavy atom. The van der Waals surface area contributed by atoms with Gasteiger partial charge in [-0.2, -0.15) is 0 Å². The van der Waals surface area contributed by atoms with Gasteiger partial charge in [-0.05, 0) is 37.6 Å². The first kappa shape index (κ1) is 25.0. The van der Waals surface area contributed by atoms with Crippen LogP contribution in [0.15, 0.2) is 39.2 Å². The summed E-state index contributed by atoms with van der Waals surface area (Å²) < 4.78 is 11.3. The summed E-state index contributed by atoms with van der Waals surface area (Å²) >= 11 is 2.76. The van der Waals surface area contributed by atoms with E-state index in [-0.39, 0.29) is 17.6 Å². The van der Waals surface area contributed by atoms with Crippen LogP contribution in [-0.4, -0.2) is 70.6 Å². The number of ether oxygens (including phenoxy) is 1. The summed E-state index contributed by atoms with van der Waals surface area (Å²) in [7, 11) is 0. The summed E-state index contributed by atoms with van der Waals surface area (Å²) in [6, 6.07) is 9.02. The van der Waals surface area contributed by atoms with E-state index in [1.807, 2.05) is 29.2 Å². The van der Waals surface area contributed by atoms with Crippen LogP contribution in [0.4, 0.5) is 10.9 Å². The van der Waals surface area contributed by atoms with Crippen molar-refractivity contribution in [3.05, 3.63) is 41.7 Å². The zero-order chi connectivity index (χ0) is 24.6. The van der Waals surface area contributed by atoms with Crippen LogP contribution < -0.4 is 15.0 Å². The standard InChI is InChI=1S/C23H28N6O4S2/c1-3-4-13-32-18-7-5-17(6-8-18)21(31)28-9-11-29(12-10-28)22-25-26-23(35-22)34-15-20(30)24-19-14-16(2)33-27-19/h5-8,14H,3-4,9-13,15H2,1-2H3,(H,24,27,30). The fraction of sp³-hybridized carbons (Fsp3) is 0.435. The molecule has 1 aromatic carbocycles. The number of hydrogen-bond acceptors (Lipinski definition) is 10. The Morgan fingerprint density at radius 3 is 2.63 bits per heavy atom. The lowest BCUT2D eigenvalue weighted by Gasteiger charge is -2.34. The molecule has 0 atom stereocenters. The van der Waals surface area contributed by atoms with Gasteiger partial charge >= 0.3 is 0 Å². The van der Waals surface area contributed by atoms with Crippen LogP contribution >= 0.6 is 23.1 Å². The molecule has 35 heavy (non-hydrogen) atoms. The molecule has 186 valence electrons. The maximum atomic E-state index is 12.9. The fourth-order valence-corrected chi connectivity index (χ4v) is 5.12. The zero-order valence-corrected chi connectivity index (χ0v) is 21.4. The number of thioether (sulfide) groups is 1. The van der Waals surface area contributed by atoms with Crippen molar-refractivity contribution in [3.8, 4) is 5.75 Å². The van der Waals surface area contributed by atoms with Crippen LogP contribution in [0.25, 0.3) is 0 Å². The molecule has 0 aliphatic carbocycles. The Labute approximate surface area is 212 Å². The first-order valence-corrected chi connectivity index (χ1v) is 13.3. The molecule has 2 aromatic heterocycles. The van der Waals surface area contributed by atoms with Crippen molar-refractivity contribution < 1.29 is 18.8 Å². The van der Waals surface area contributed by atoms with Crippen LogP contribution in [0, 0.1) is 6.92 Å². The van der Waals surface area contributed by atoms with Gasteiger partial charge in [-0.1, -0.05) is 41.6 Å². The van der Waals surface area contributed by atoms with Gasteiger partial charge in [0.05, 0.1) is 12.4 Å². The van der Waals surface area contributed by atoms with E-state index in [2.05, 4.69) is 32.5 Å². The molecule has 4 rings (SSSR count). The van der Waals surface area contributed by atoms with Crippen molar-refractivity contribution in [3.63, 3.8) is 0 Å². The van der Waals surface area contributed by atoms with E-state index in [1.165, 1.54) is 23.1 Å². The molecule has 2 amide bonds. The molecular weight excluding hydrogens is 488 g/mol. The molecule has 3 aromatic rings. The lowest BCUT2D eigenvalue weighted by Crippen LogP contribution is -2.48. The van der Waals surface area contributed by atoms with Crippen molar-refractivity contribution in [1.82, 2.24) is 20.3 Å². The van der Waals surface area contributed by atoms with Crippen molar-refractivity contribution in [2.45, 2.75) is 31.0 Å². The number of amides is 2. The normalized spacial score (nSPS) is 13.7. The van der Waals surface area contributed by atoms with Crippen molar-refractivity contribution in [2.75, 3.05) is 48.8 Å². The summed E-state index contributed by atoms with van der Waals surface area (Å²) in [5, 5.41) is 15.7. The average molecular weight is 517 g/mol. The van der Waals surface area contributed by atoms with E-state index >= 15 is 0 Å². The third kappa shape index (κ3) is 6.95. The molecule has 1 aliphatic heterocycles. The van der Waals surface area contributed by atoms with E-state index in [9.17, 15) is 9.59 Å². The van der Waals surface area contributed by atoms with Crippen molar-refractivity contribution in [1.29, 1.82) is 0 Å². The summed E-state index contributed by atoms with van der Waals surface area (Å²) in [6.45, 7) is 7.14. The van der Waals surface area contributed by atoms with E-state index in [1.54, 1.807) is 13.0 Å². The molecule has 1 fully saturated rings. The third-order valence-corrected chi connectivity index (χ3v) is 7.44. The minimum Gasteiger partial charge on any atom is -0.494 e. The summed E-state index contributed by atoms with van der Waals surface area (Å²) in [5.41, 5.74) is 0.662. The summed E-state index contributed by atoms with van der Waals surface area (Å²) in [5.74, 6) is 1.85. The smallest absolute Gasteiger partial charge is 0.253 e. The Balaban J connectivity index is 1.22. The largest absolute Gasteiger partial charge is 0.494 e. The number of benzene rings is 1. The molecule has 0 saturated carbocycles. The highest BCUT2D eigenvalue weighted by atomic mass is 32.2. The van der Waals surface area contributed by atoms with Gasteiger partial charge in [-0.3, -0.25) is 9.59 Å². The van der Waals surface area contributed by atoms with Crippen molar-refractivity contribution >= 4 is 45.9 Å². The molecule has 0 spiro atoms. The minimum absolute atomic E-state index is 0.0200. The number of nitrogens with one attached hydrogen (secondary N) is 1. The highest BCUT2D eigenvalue weighted by molar-refractivity contribution is 8.01. The number of carbonyl (C=O) groups excluding carboxylic acids is 2. The Morgan fingerprint density at radius 1 is 1.17 bits per heavy atom. The monoisotopic (exact) mass is 516 g/mol. The van der Waals surface area contributed by atoms with Crippen LogP contribution in [0.5, 0.6) is 5.75 Å². The SMILES string of the molecule is CCCCOc1ccc(C(=O)N2CCN(c3nnc(SCC(=O)Nc4cc(C)on4)s3)CC2)cc1. The average Bonchev–Trinajstić information content (AvgIpc) is 3.52. The number of anilines is 2. The first-order valence-electron chi connectivity index (χ1n) is 11.5. The molecule has 3 heterocycles. The number of rotatable bonds is 10. The fourth-order valence-electron chi connectivity index (χ4n) is 3.43. The van der Waals surface area contributed by atoms with Crippen LogP contribution in [0.3, 0.4) is 0 Å². The van der Waals surface area contributed by atoms with Gasteiger partial charge < -0.3 is 24.4 Å². The highest BCUT2D eigenvalue weighted by Gasteiger charge is 2.24. The van der Waals surface area contributed by atoms with Gasteiger partial charge in [0.15, 0.2) is 10.2 Å². The highest BCUT2D eigenvalue weighted by Crippen LogP contribution is 2.29. The quantitative estimate of drug-likeness (QED) is 0.318. The number of hydrogen-bond donors (Lipinski definition) is 1. The number of nitrogens with zero attached hydrogens (tertiary/aromatic N) is 5. The molecule has 1 N–H and O–H groups in total. The van der Waals surface area contributed by atoms with Gasteiger partial charge in [-0.15, -0.1) is 10.2 Å². The molecule has 0 bridgehead atoms.